The Bertz CT molecular complexity index is 621. The van der Waals surface area contributed by atoms with E-state index in [0.29, 0.717) is 22.6 Å². The van der Waals surface area contributed by atoms with E-state index in [9.17, 15) is 4.79 Å². The molecule has 20 heavy (non-hydrogen) atoms. The molecule has 1 saturated carbocycles. The summed E-state index contributed by atoms with van der Waals surface area (Å²) in [5.41, 5.74) is 7.50. The van der Waals surface area contributed by atoms with Gasteiger partial charge in [-0.2, -0.15) is 0 Å². The van der Waals surface area contributed by atoms with Crippen molar-refractivity contribution in [2.45, 2.75) is 32.4 Å². The van der Waals surface area contributed by atoms with Gasteiger partial charge in [0, 0.05) is 25.0 Å². The second-order valence-electron chi connectivity index (χ2n) is 4.99. The monoisotopic (exact) mass is 288 g/mol. The van der Waals surface area contributed by atoms with Gasteiger partial charge >= 0.3 is 0 Å². The molecule has 5 nitrogen and oxygen atoms in total. The fourth-order valence-corrected chi connectivity index (χ4v) is 2.97. The van der Waals surface area contributed by atoms with Crippen LogP contribution in [0.25, 0.3) is 0 Å². The van der Waals surface area contributed by atoms with E-state index in [1.165, 1.54) is 11.3 Å². The topological polar surface area (TPSA) is 72.1 Å². The number of hydrogen-bond acceptors (Lipinski definition) is 5. The Balaban J connectivity index is 1.84. The molecule has 0 unspecified atom stereocenters. The fraction of sp³-hybridized carbons (Fsp3) is 0.357. The number of amides is 1. The molecule has 0 atom stereocenters. The van der Waals surface area contributed by atoms with E-state index < -0.39 is 0 Å². The Hall–Kier alpha value is -1.95. The minimum absolute atomic E-state index is 0.0380. The highest BCUT2D eigenvalue weighted by molar-refractivity contribution is 7.17. The van der Waals surface area contributed by atoms with Gasteiger partial charge in [0.15, 0.2) is 5.13 Å². The van der Waals surface area contributed by atoms with E-state index in [1.54, 1.807) is 12.4 Å². The number of pyridine rings is 1. The third-order valence-electron chi connectivity index (χ3n) is 3.36. The van der Waals surface area contributed by atoms with Crippen molar-refractivity contribution in [1.82, 2.24) is 14.9 Å². The first-order valence-electron chi connectivity index (χ1n) is 6.58. The minimum Gasteiger partial charge on any atom is -0.375 e. The van der Waals surface area contributed by atoms with Crippen LogP contribution in [0, 0.1) is 6.92 Å². The number of hydrogen-bond donors (Lipinski definition) is 1. The van der Waals surface area contributed by atoms with Crippen LogP contribution in [0.5, 0.6) is 0 Å². The summed E-state index contributed by atoms with van der Waals surface area (Å²) in [4.78, 5) is 23.4. The van der Waals surface area contributed by atoms with Gasteiger partial charge in [-0.25, -0.2) is 4.98 Å². The number of nitrogen functional groups attached to an aromatic ring is 1. The Morgan fingerprint density at radius 3 is 2.70 bits per heavy atom. The standard InChI is InChI=1S/C14H16N4OS/c1-9-12(20-14(15)17-9)13(19)18(11-2-3-11)8-10-4-6-16-7-5-10/h4-7,11H,2-3,8H2,1H3,(H2,15,17). The van der Waals surface area contributed by atoms with Gasteiger partial charge in [-0.3, -0.25) is 9.78 Å². The van der Waals surface area contributed by atoms with Gasteiger partial charge in [0.2, 0.25) is 0 Å². The molecule has 2 aromatic rings. The van der Waals surface area contributed by atoms with Crippen LogP contribution in [0.15, 0.2) is 24.5 Å². The van der Waals surface area contributed by atoms with E-state index in [1.807, 2.05) is 24.0 Å². The van der Waals surface area contributed by atoms with Crippen molar-refractivity contribution in [3.63, 3.8) is 0 Å². The maximum Gasteiger partial charge on any atom is 0.266 e. The molecule has 0 spiro atoms. The molecule has 0 radical (unpaired) electrons. The summed E-state index contributed by atoms with van der Waals surface area (Å²) in [6, 6.07) is 4.23. The molecule has 2 heterocycles. The number of anilines is 1. The lowest BCUT2D eigenvalue weighted by atomic mass is 10.2. The summed E-state index contributed by atoms with van der Waals surface area (Å²) in [5, 5.41) is 0.450. The first-order valence-corrected chi connectivity index (χ1v) is 7.39. The minimum atomic E-state index is 0.0380. The Kier molecular flexibility index (Phi) is 3.40. The Morgan fingerprint density at radius 2 is 2.15 bits per heavy atom. The highest BCUT2D eigenvalue weighted by Crippen LogP contribution is 2.32. The van der Waals surface area contributed by atoms with E-state index in [4.69, 9.17) is 5.73 Å². The largest absolute Gasteiger partial charge is 0.375 e. The van der Waals surface area contributed by atoms with E-state index in [2.05, 4.69) is 9.97 Å². The maximum atomic E-state index is 12.7. The zero-order valence-electron chi connectivity index (χ0n) is 11.2. The van der Waals surface area contributed by atoms with E-state index >= 15 is 0 Å². The van der Waals surface area contributed by atoms with Crippen LogP contribution >= 0.6 is 11.3 Å². The lowest BCUT2D eigenvalue weighted by molar-refractivity contribution is 0.0734. The molecule has 3 rings (SSSR count). The van der Waals surface area contributed by atoms with Crippen LogP contribution in [-0.4, -0.2) is 26.8 Å². The number of aromatic nitrogens is 2. The number of nitrogens with zero attached hydrogens (tertiary/aromatic N) is 3. The predicted octanol–water partition coefficient (Wildman–Crippen LogP) is 2.23. The molecular formula is C14H16N4OS. The van der Waals surface area contributed by atoms with Gasteiger partial charge in [-0.05, 0) is 37.5 Å². The van der Waals surface area contributed by atoms with Gasteiger partial charge in [-0.15, -0.1) is 0 Å². The molecule has 1 fully saturated rings. The van der Waals surface area contributed by atoms with Gasteiger partial charge in [0.1, 0.15) is 4.88 Å². The number of thiazole rings is 1. The smallest absolute Gasteiger partial charge is 0.266 e. The first kappa shape index (κ1) is 13.1. The molecule has 0 bridgehead atoms. The van der Waals surface area contributed by atoms with Crippen molar-refractivity contribution in [1.29, 1.82) is 0 Å². The number of carbonyl (C=O) groups excluding carboxylic acids is 1. The van der Waals surface area contributed by atoms with E-state index in [0.717, 1.165) is 24.1 Å². The number of rotatable bonds is 4. The molecule has 1 amide bonds. The predicted molar refractivity (Wildman–Crippen MR) is 78.4 cm³/mol. The Morgan fingerprint density at radius 1 is 1.45 bits per heavy atom. The zero-order chi connectivity index (χ0) is 14.1. The molecule has 2 aromatic heterocycles. The van der Waals surface area contributed by atoms with Crippen molar-refractivity contribution in [2.75, 3.05) is 5.73 Å². The molecule has 0 aromatic carbocycles. The van der Waals surface area contributed by atoms with Crippen molar-refractivity contribution >= 4 is 22.4 Å². The number of carbonyl (C=O) groups is 1. The molecule has 1 aliphatic rings. The van der Waals surface area contributed by atoms with Gasteiger partial charge in [-0.1, -0.05) is 11.3 Å². The number of aryl methyl sites for hydroxylation is 1. The molecular weight excluding hydrogens is 272 g/mol. The SMILES string of the molecule is Cc1nc(N)sc1C(=O)N(Cc1ccncc1)C1CC1. The van der Waals surface area contributed by atoms with Crippen molar-refractivity contribution in [2.24, 2.45) is 0 Å². The van der Waals surface area contributed by atoms with Gasteiger partial charge in [0.05, 0.1) is 5.69 Å². The summed E-state index contributed by atoms with van der Waals surface area (Å²) in [6.45, 7) is 2.45. The summed E-state index contributed by atoms with van der Waals surface area (Å²) >= 11 is 1.27. The molecule has 0 aliphatic heterocycles. The third kappa shape index (κ3) is 2.65. The summed E-state index contributed by atoms with van der Waals surface area (Å²) in [5.74, 6) is 0.0380. The summed E-state index contributed by atoms with van der Waals surface area (Å²) in [6.07, 6.45) is 5.65. The maximum absolute atomic E-state index is 12.7. The van der Waals surface area contributed by atoms with Crippen molar-refractivity contribution in [3.05, 3.63) is 40.7 Å². The zero-order valence-corrected chi connectivity index (χ0v) is 12.1. The molecule has 1 aliphatic carbocycles. The second-order valence-corrected chi connectivity index (χ2v) is 6.02. The van der Waals surface area contributed by atoms with Gasteiger partial charge < -0.3 is 10.6 Å². The van der Waals surface area contributed by atoms with Crippen molar-refractivity contribution in [3.8, 4) is 0 Å². The fourth-order valence-electron chi connectivity index (χ4n) is 2.18. The first-order chi connectivity index (χ1) is 9.65. The van der Waals surface area contributed by atoms with Crippen LogP contribution in [0.1, 0.15) is 33.8 Å². The molecule has 104 valence electrons. The van der Waals surface area contributed by atoms with Crippen molar-refractivity contribution < 1.29 is 4.79 Å². The van der Waals surface area contributed by atoms with Crippen LogP contribution in [-0.2, 0) is 6.54 Å². The summed E-state index contributed by atoms with van der Waals surface area (Å²) < 4.78 is 0. The van der Waals surface area contributed by atoms with E-state index in [-0.39, 0.29) is 5.91 Å². The number of nitrogens with two attached hydrogens (primary N) is 1. The highest BCUT2D eigenvalue weighted by atomic mass is 32.1. The average molecular weight is 288 g/mol. The normalized spacial score (nSPS) is 14.2. The second kappa shape index (κ2) is 5.20. The van der Waals surface area contributed by atoms with Crippen LogP contribution < -0.4 is 5.73 Å². The van der Waals surface area contributed by atoms with Crippen LogP contribution in [0.3, 0.4) is 0 Å². The Labute approximate surface area is 121 Å². The van der Waals surface area contributed by atoms with Crippen LogP contribution in [0.2, 0.25) is 0 Å². The highest BCUT2D eigenvalue weighted by Gasteiger charge is 2.34. The average Bonchev–Trinajstić information content (AvgIpc) is 3.22. The lowest BCUT2D eigenvalue weighted by Crippen LogP contribution is -2.32. The lowest BCUT2D eigenvalue weighted by Gasteiger charge is -2.22. The molecule has 6 heteroatoms. The van der Waals surface area contributed by atoms with Crippen LogP contribution in [0.4, 0.5) is 5.13 Å². The molecule has 0 saturated heterocycles. The quantitative estimate of drug-likeness (QED) is 0.936. The summed E-state index contributed by atoms with van der Waals surface area (Å²) in [7, 11) is 0. The molecule has 2 N–H and O–H groups in total. The van der Waals surface area contributed by atoms with Gasteiger partial charge in [0.25, 0.3) is 5.91 Å². The third-order valence-corrected chi connectivity index (χ3v) is 4.33.